The molecule has 1 aliphatic carbocycles. The van der Waals surface area contributed by atoms with Crippen molar-refractivity contribution < 1.29 is 9.50 Å². The summed E-state index contributed by atoms with van der Waals surface area (Å²) in [4.78, 5) is 0. The third-order valence-electron chi connectivity index (χ3n) is 3.29. The number of rotatable bonds is 3. The average molecular weight is 302 g/mol. The lowest BCUT2D eigenvalue weighted by atomic mass is 9.92. The van der Waals surface area contributed by atoms with Gasteiger partial charge in [0.2, 0.25) is 0 Å². The van der Waals surface area contributed by atoms with Crippen molar-refractivity contribution in [3.8, 4) is 0 Å². The molecule has 0 aliphatic heterocycles. The maximum Gasteiger partial charge on any atom is 0.123 e. The van der Waals surface area contributed by atoms with Gasteiger partial charge in [-0.3, -0.25) is 0 Å². The smallest absolute Gasteiger partial charge is 0.123 e. The van der Waals surface area contributed by atoms with E-state index < -0.39 is 0 Å². The summed E-state index contributed by atoms with van der Waals surface area (Å²) < 4.78 is 14.0. The van der Waals surface area contributed by atoms with Crippen LogP contribution in [0.2, 0.25) is 0 Å². The van der Waals surface area contributed by atoms with Gasteiger partial charge in [0, 0.05) is 17.1 Å². The zero-order chi connectivity index (χ0) is 12.3. The van der Waals surface area contributed by atoms with Crippen LogP contribution >= 0.6 is 15.9 Å². The Kier molecular flexibility index (Phi) is 4.54. The molecule has 1 aromatic carbocycles. The van der Waals surface area contributed by atoms with Gasteiger partial charge in [-0.25, -0.2) is 4.39 Å². The number of benzene rings is 1. The summed E-state index contributed by atoms with van der Waals surface area (Å²) in [5.41, 5.74) is 0.891. The summed E-state index contributed by atoms with van der Waals surface area (Å²) in [5, 5.41) is 13.1. The topological polar surface area (TPSA) is 32.3 Å². The second kappa shape index (κ2) is 5.94. The molecule has 17 heavy (non-hydrogen) atoms. The fraction of sp³-hybridized carbons (Fsp3) is 0.538. The van der Waals surface area contributed by atoms with Gasteiger partial charge in [0.25, 0.3) is 0 Å². The Morgan fingerprint density at radius 2 is 2.12 bits per heavy atom. The Labute approximate surface area is 109 Å². The first-order valence-corrected chi connectivity index (χ1v) is 6.81. The molecule has 0 spiro atoms. The third kappa shape index (κ3) is 3.50. The van der Waals surface area contributed by atoms with Gasteiger partial charge in [0.05, 0.1) is 6.10 Å². The summed E-state index contributed by atoms with van der Waals surface area (Å²) >= 11 is 3.40. The van der Waals surface area contributed by atoms with Crippen LogP contribution in [-0.4, -0.2) is 17.3 Å². The maximum absolute atomic E-state index is 13.1. The molecule has 2 atom stereocenters. The fourth-order valence-electron chi connectivity index (χ4n) is 2.27. The molecule has 94 valence electrons. The van der Waals surface area contributed by atoms with Crippen LogP contribution in [0.1, 0.15) is 31.2 Å². The van der Waals surface area contributed by atoms with Gasteiger partial charge in [-0.1, -0.05) is 28.8 Å². The minimum absolute atomic E-state index is 0.138. The first-order chi connectivity index (χ1) is 8.16. The van der Waals surface area contributed by atoms with E-state index in [1.54, 1.807) is 6.07 Å². The van der Waals surface area contributed by atoms with Crippen molar-refractivity contribution in [2.24, 2.45) is 0 Å². The van der Waals surface area contributed by atoms with Crippen LogP contribution in [0.3, 0.4) is 0 Å². The molecule has 0 saturated heterocycles. The van der Waals surface area contributed by atoms with Crippen molar-refractivity contribution in [2.45, 2.75) is 44.4 Å². The van der Waals surface area contributed by atoms with Crippen LogP contribution in [0.5, 0.6) is 0 Å². The van der Waals surface area contributed by atoms with Gasteiger partial charge in [0.1, 0.15) is 5.82 Å². The molecule has 1 fully saturated rings. The van der Waals surface area contributed by atoms with Gasteiger partial charge in [-0.15, -0.1) is 0 Å². The molecule has 1 aromatic rings. The van der Waals surface area contributed by atoms with E-state index in [9.17, 15) is 9.50 Å². The Morgan fingerprint density at radius 3 is 2.88 bits per heavy atom. The Morgan fingerprint density at radius 1 is 1.35 bits per heavy atom. The quantitative estimate of drug-likeness (QED) is 0.899. The molecule has 1 saturated carbocycles. The summed E-state index contributed by atoms with van der Waals surface area (Å²) in [6.45, 7) is 0.583. The highest BCUT2D eigenvalue weighted by Crippen LogP contribution is 2.21. The SMILES string of the molecule is O[C@H]1CCCC[C@@H]1NCc1cc(F)ccc1Br. The zero-order valence-corrected chi connectivity index (χ0v) is 11.2. The van der Waals surface area contributed by atoms with E-state index >= 15 is 0 Å². The van der Waals surface area contributed by atoms with Crippen molar-refractivity contribution in [3.05, 3.63) is 34.1 Å². The number of hydrogen-bond acceptors (Lipinski definition) is 2. The minimum atomic E-state index is -0.268. The highest BCUT2D eigenvalue weighted by molar-refractivity contribution is 9.10. The monoisotopic (exact) mass is 301 g/mol. The van der Waals surface area contributed by atoms with Crippen molar-refractivity contribution in [3.63, 3.8) is 0 Å². The number of halogens is 2. The Balaban J connectivity index is 1.94. The number of aliphatic hydroxyl groups excluding tert-OH is 1. The number of hydrogen-bond donors (Lipinski definition) is 2. The van der Waals surface area contributed by atoms with Crippen LogP contribution in [0, 0.1) is 5.82 Å². The Hall–Kier alpha value is -0.450. The van der Waals surface area contributed by atoms with Gasteiger partial charge in [0.15, 0.2) is 0 Å². The van der Waals surface area contributed by atoms with E-state index in [0.29, 0.717) is 6.54 Å². The molecule has 1 aliphatic rings. The molecule has 0 radical (unpaired) electrons. The van der Waals surface area contributed by atoms with E-state index in [-0.39, 0.29) is 18.0 Å². The maximum atomic E-state index is 13.1. The third-order valence-corrected chi connectivity index (χ3v) is 4.07. The van der Waals surface area contributed by atoms with E-state index in [4.69, 9.17) is 0 Å². The fourth-order valence-corrected chi connectivity index (χ4v) is 2.66. The van der Waals surface area contributed by atoms with Crippen LogP contribution < -0.4 is 5.32 Å². The second-order valence-electron chi connectivity index (χ2n) is 4.57. The summed E-state index contributed by atoms with van der Waals surface area (Å²) in [5.74, 6) is -0.228. The predicted octanol–water partition coefficient (Wildman–Crippen LogP) is 2.98. The van der Waals surface area contributed by atoms with Crippen LogP contribution in [0.25, 0.3) is 0 Å². The van der Waals surface area contributed by atoms with E-state index in [2.05, 4.69) is 21.2 Å². The summed E-state index contributed by atoms with van der Waals surface area (Å²) in [7, 11) is 0. The molecule has 0 aromatic heterocycles. The van der Waals surface area contributed by atoms with E-state index in [1.807, 2.05) is 0 Å². The molecule has 0 bridgehead atoms. The molecule has 0 amide bonds. The van der Waals surface area contributed by atoms with Gasteiger partial charge in [-0.05, 0) is 36.6 Å². The normalized spacial score (nSPS) is 24.9. The highest BCUT2D eigenvalue weighted by atomic mass is 79.9. The van der Waals surface area contributed by atoms with E-state index in [0.717, 1.165) is 35.7 Å². The molecule has 2 nitrogen and oxygen atoms in total. The standard InChI is InChI=1S/C13H17BrFNO/c14-11-6-5-10(15)7-9(11)8-16-12-3-1-2-4-13(12)17/h5-7,12-13,16-17H,1-4,8H2/t12-,13-/m0/s1. The Bertz CT molecular complexity index is 386. The first kappa shape index (κ1) is 13.0. The van der Waals surface area contributed by atoms with Gasteiger partial charge in [-0.2, -0.15) is 0 Å². The van der Waals surface area contributed by atoms with Crippen LogP contribution in [0.4, 0.5) is 4.39 Å². The van der Waals surface area contributed by atoms with Crippen molar-refractivity contribution in [2.75, 3.05) is 0 Å². The lowest BCUT2D eigenvalue weighted by molar-refractivity contribution is 0.0902. The molecular weight excluding hydrogens is 285 g/mol. The zero-order valence-electron chi connectivity index (χ0n) is 9.63. The predicted molar refractivity (Wildman–Crippen MR) is 69.2 cm³/mol. The second-order valence-corrected chi connectivity index (χ2v) is 5.43. The number of nitrogens with one attached hydrogen (secondary N) is 1. The van der Waals surface area contributed by atoms with Crippen LogP contribution in [-0.2, 0) is 6.54 Å². The lowest BCUT2D eigenvalue weighted by Gasteiger charge is -2.28. The van der Waals surface area contributed by atoms with Crippen molar-refractivity contribution >= 4 is 15.9 Å². The summed E-state index contributed by atoms with van der Waals surface area (Å²) in [6.07, 6.45) is 3.84. The largest absolute Gasteiger partial charge is 0.392 e. The first-order valence-electron chi connectivity index (χ1n) is 6.02. The van der Waals surface area contributed by atoms with E-state index in [1.165, 1.54) is 12.1 Å². The molecule has 2 N–H and O–H groups in total. The average Bonchev–Trinajstić information content (AvgIpc) is 2.32. The van der Waals surface area contributed by atoms with Gasteiger partial charge >= 0.3 is 0 Å². The molecule has 2 rings (SSSR count). The molecule has 0 unspecified atom stereocenters. The van der Waals surface area contributed by atoms with Crippen LogP contribution in [0.15, 0.2) is 22.7 Å². The minimum Gasteiger partial charge on any atom is -0.392 e. The highest BCUT2D eigenvalue weighted by Gasteiger charge is 2.22. The summed E-state index contributed by atoms with van der Waals surface area (Å²) in [6, 6.07) is 4.80. The van der Waals surface area contributed by atoms with Crippen molar-refractivity contribution in [1.29, 1.82) is 0 Å². The lowest BCUT2D eigenvalue weighted by Crippen LogP contribution is -2.41. The van der Waals surface area contributed by atoms with Gasteiger partial charge < -0.3 is 10.4 Å². The molecule has 4 heteroatoms. The molecular formula is C13H17BrFNO. The van der Waals surface area contributed by atoms with Crippen molar-refractivity contribution in [1.82, 2.24) is 5.32 Å². The molecule has 0 heterocycles. The number of aliphatic hydroxyl groups is 1.